The van der Waals surface area contributed by atoms with E-state index in [1.165, 1.54) is 11.8 Å². The molecule has 1 aromatic carbocycles. The van der Waals surface area contributed by atoms with Crippen LogP contribution in [0.3, 0.4) is 0 Å². The SMILES string of the molecule is CC(=O)NCCN1CCOc2c(O)cc(-c3ccc(C)s3)cc2C1. The normalized spacial score (nSPS) is 14.6. The van der Waals surface area contributed by atoms with Gasteiger partial charge in [-0.2, -0.15) is 0 Å². The lowest BCUT2D eigenvalue weighted by Gasteiger charge is -2.19. The summed E-state index contributed by atoms with van der Waals surface area (Å²) >= 11 is 1.71. The van der Waals surface area contributed by atoms with Gasteiger partial charge in [0.1, 0.15) is 6.61 Å². The van der Waals surface area contributed by atoms with E-state index in [4.69, 9.17) is 4.74 Å². The number of hydrogen-bond donors (Lipinski definition) is 2. The summed E-state index contributed by atoms with van der Waals surface area (Å²) in [5.74, 6) is 0.751. The molecule has 0 radical (unpaired) electrons. The minimum atomic E-state index is -0.0190. The topological polar surface area (TPSA) is 61.8 Å². The average Bonchev–Trinajstić information content (AvgIpc) is 2.84. The average molecular weight is 346 g/mol. The van der Waals surface area contributed by atoms with Crippen molar-refractivity contribution in [1.29, 1.82) is 0 Å². The van der Waals surface area contributed by atoms with Gasteiger partial charge in [0.15, 0.2) is 11.5 Å². The molecule has 1 aliphatic rings. The van der Waals surface area contributed by atoms with Crippen molar-refractivity contribution in [2.24, 2.45) is 0 Å². The number of fused-ring (bicyclic) bond motifs is 1. The molecule has 0 saturated heterocycles. The van der Waals surface area contributed by atoms with Gasteiger partial charge in [-0.05, 0) is 36.8 Å². The summed E-state index contributed by atoms with van der Waals surface area (Å²) in [6.45, 7) is 6.95. The Kier molecular flexibility index (Phi) is 5.06. The zero-order valence-corrected chi connectivity index (χ0v) is 14.8. The Balaban J connectivity index is 1.82. The standard InChI is InChI=1S/C18H22N2O3S/c1-12-3-4-17(24-12)14-9-15-11-20(6-5-19-13(2)21)7-8-23-18(15)16(22)10-14/h3-4,9-10,22H,5-8,11H2,1-2H3,(H,19,21). The molecule has 1 aliphatic heterocycles. The first-order chi connectivity index (χ1) is 11.5. The Morgan fingerprint density at radius 2 is 2.25 bits per heavy atom. The Hall–Kier alpha value is -2.05. The van der Waals surface area contributed by atoms with Gasteiger partial charge in [-0.15, -0.1) is 11.3 Å². The number of nitrogens with zero attached hydrogens (tertiary/aromatic N) is 1. The number of carbonyl (C=O) groups excluding carboxylic acids is 1. The van der Waals surface area contributed by atoms with Crippen LogP contribution < -0.4 is 10.1 Å². The minimum Gasteiger partial charge on any atom is -0.504 e. The van der Waals surface area contributed by atoms with E-state index < -0.39 is 0 Å². The maximum Gasteiger partial charge on any atom is 0.216 e. The van der Waals surface area contributed by atoms with E-state index in [0.29, 0.717) is 25.4 Å². The smallest absolute Gasteiger partial charge is 0.216 e. The van der Waals surface area contributed by atoms with Crippen molar-refractivity contribution in [3.8, 4) is 21.9 Å². The summed E-state index contributed by atoms with van der Waals surface area (Å²) < 4.78 is 5.76. The molecular formula is C18H22N2O3S. The third kappa shape index (κ3) is 3.88. The summed E-state index contributed by atoms with van der Waals surface area (Å²) in [4.78, 5) is 15.6. The quantitative estimate of drug-likeness (QED) is 0.894. The molecule has 0 spiro atoms. The largest absolute Gasteiger partial charge is 0.504 e. The van der Waals surface area contributed by atoms with Gasteiger partial charge in [-0.25, -0.2) is 0 Å². The molecule has 0 unspecified atom stereocenters. The van der Waals surface area contributed by atoms with Gasteiger partial charge in [0.2, 0.25) is 5.91 Å². The number of benzene rings is 1. The summed E-state index contributed by atoms with van der Waals surface area (Å²) in [5, 5.41) is 13.2. The molecule has 5 nitrogen and oxygen atoms in total. The molecule has 1 amide bonds. The highest BCUT2D eigenvalue weighted by Gasteiger charge is 2.20. The fourth-order valence-electron chi connectivity index (χ4n) is 2.87. The molecule has 6 heteroatoms. The van der Waals surface area contributed by atoms with Crippen LogP contribution in [0, 0.1) is 6.92 Å². The molecule has 24 heavy (non-hydrogen) atoms. The number of phenols is 1. The first-order valence-electron chi connectivity index (χ1n) is 8.05. The van der Waals surface area contributed by atoms with Crippen molar-refractivity contribution < 1.29 is 14.6 Å². The van der Waals surface area contributed by atoms with Gasteiger partial charge < -0.3 is 15.2 Å². The number of amides is 1. The Bertz CT molecular complexity index is 742. The van der Waals surface area contributed by atoms with E-state index in [2.05, 4.69) is 35.3 Å². The van der Waals surface area contributed by atoms with Crippen molar-refractivity contribution in [1.82, 2.24) is 10.2 Å². The summed E-state index contributed by atoms with van der Waals surface area (Å²) in [6.07, 6.45) is 0. The van der Waals surface area contributed by atoms with Crippen LogP contribution in [0.1, 0.15) is 17.4 Å². The maximum atomic E-state index is 11.0. The number of carbonyl (C=O) groups is 1. The fourth-order valence-corrected chi connectivity index (χ4v) is 3.72. The predicted molar refractivity (Wildman–Crippen MR) is 95.6 cm³/mol. The molecule has 0 bridgehead atoms. The Morgan fingerprint density at radius 3 is 2.96 bits per heavy atom. The third-order valence-corrected chi connectivity index (χ3v) is 5.07. The molecule has 0 fully saturated rings. The van der Waals surface area contributed by atoms with Crippen molar-refractivity contribution in [2.75, 3.05) is 26.2 Å². The van der Waals surface area contributed by atoms with Crippen molar-refractivity contribution in [2.45, 2.75) is 20.4 Å². The lowest BCUT2D eigenvalue weighted by molar-refractivity contribution is -0.119. The first-order valence-corrected chi connectivity index (χ1v) is 8.87. The molecule has 2 aromatic rings. The summed E-state index contributed by atoms with van der Waals surface area (Å²) in [6, 6.07) is 8.03. The molecule has 0 aliphatic carbocycles. The van der Waals surface area contributed by atoms with Gasteiger partial charge in [0.25, 0.3) is 0 Å². The molecule has 0 saturated carbocycles. The second kappa shape index (κ2) is 7.23. The Labute approximate surface area is 145 Å². The summed E-state index contributed by atoms with van der Waals surface area (Å²) in [5.41, 5.74) is 1.99. The fraction of sp³-hybridized carbons (Fsp3) is 0.389. The van der Waals surface area contributed by atoms with E-state index in [1.54, 1.807) is 17.4 Å². The first kappa shape index (κ1) is 16.8. The van der Waals surface area contributed by atoms with E-state index in [1.807, 2.05) is 0 Å². The molecule has 2 heterocycles. The number of rotatable bonds is 4. The number of phenolic OH excluding ortho intramolecular Hbond substituents is 1. The molecule has 128 valence electrons. The monoisotopic (exact) mass is 346 g/mol. The van der Waals surface area contributed by atoms with Crippen LogP contribution in [-0.2, 0) is 11.3 Å². The maximum absolute atomic E-state index is 11.0. The van der Waals surface area contributed by atoms with Crippen LogP contribution in [0.2, 0.25) is 0 Å². The van der Waals surface area contributed by atoms with Crippen molar-refractivity contribution in [3.63, 3.8) is 0 Å². The molecule has 0 atom stereocenters. The third-order valence-electron chi connectivity index (χ3n) is 4.02. The van der Waals surface area contributed by atoms with Gasteiger partial charge in [-0.1, -0.05) is 0 Å². The van der Waals surface area contributed by atoms with Crippen LogP contribution in [-0.4, -0.2) is 42.2 Å². The van der Waals surface area contributed by atoms with Gasteiger partial charge in [0, 0.05) is 48.4 Å². The number of aromatic hydroxyl groups is 1. The zero-order chi connectivity index (χ0) is 17.1. The van der Waals surface area contributed by atoms with E-state index >= 15 is 0 Å². The number of hydrogen-bond acceptors (Lipinski definition) is 5. The van der Waals surface area contributed by atoms with E-state index in [0.717, 1.165) is 29.1 Å². The number of ether oxygens (including phenoxy) is 1. The van der Waals surface area contributed by atoms with E-state index in [9.17, 15) is 9.90 Å². The van der Waals surface area contributed by atoms with Crippen LogP contribution in [0.25, 0.3) is 10.4 Å². The lowest BCUT2D eigenvalue weighted by Crippen LogP contribution is -2.34. The second-order valence-corrected chi connectivity index (χ2v) is 7.29. The number of thiophene rings is 1. The highest BCUT2D eigenvalue weighted by atomic mass is 32.1. The Morgan fingerprint density at radius 1 is 1.42 bits per heavy atom. The molecule has 2 N–H and O–H groups in total. The molecular weight excluding hydrogens is 324 g/mol. The van der Waals surface area contributed by atoms with Crippen molar-refractivity contribution in [3.05, 3.63) is 34.7 Å². The van der Waals surface area contributed by atoms with Crippen LogP contribution in [0.5, 0.6) is 11.5 Å². The van der Waals surface area contributed by atoms with Crippen LogP contribution >= 0.6 is 11.3 Å². The van der Waals surface area contributed by atoms with E-state index in [-0.39, 0.29) is 11.7 Å². The lowest BCUT2D eigenvalue weighted by atomic mass is 10.1. The van der Waals surface area contributed by atoms with Gasteiger partial charge in [-0.3, -0.25) is 9.69 Å². The van der Waals surface area contributed by atoms with Crippen LogP contribution in [0.15, 0.2) is 24.3 Å². The van der Waals surface area contributed by atoms with Gasteiger partial charge >= 0.3 is 0 Å². The number of nitrogens with one attached hydrogen (secondary N) is 1. The molecule has 1 aromatic heterocycles. The second-order valence-electron chi connectivity index (χ2n) is 6.00. The molecule has 3 rings (SSSR count). The number of aryl methyl sites for hydroxylation is 1. The summed E-state index contributed by atoms with van der Waals surface area (Å²) in [7, 11) is 0. The van der Waals surface area contributed by atoms with Gasteiger partial charge in [0.05, 0.1) is 0 Å². The highest BCUT2D eigenvalue weighted by molar-refractivity contribution is 7.15. The van der Waals surface area contributed by atoms with Crippen molar-refractivity contribution >= 4 is 17.2 Å². The predicted octanol–water partition coefficient (Wildman–Crippen LogP) is 2.76. The zero-order valence-electron chi connectivity index (χ0n) is 14.0. The van der Waals surface area contributed by atoms with Crippen LogP contribution in [0.4, 0.5) is 0 Å². The highest BCUT2D eigenvalue weighted by Crippen LogP contribution is 2.39. The minimum absolute atomic E-state index is 0.0190.